The number of carbonyl (C=O) groups is 2. The van der Waals surface area contributed by atoms with Gasteiger partial charge in [-0.25, -0.2) is 4.57 Å². The molecule has 0 heterocycles. The minimum atomic E-state index is -3.92. The molecule has 0 aliphatic heterocycles. The summed E-state index contributed by atoms with van der Waals surface area (Å²) in [5.41, 5.74) is 0.0279. The molecule has 0 fully saturated rings. The molecule has 0 unspecified atom stereocenters. The van der Waals surface area contributed by atoms with Gasteiger partial charge in [0, 0.05) is 18.4 Å². The second-order valence-corrected chi connectivity index (χ2v) is 8.46. The molecule has 0 saturated heterocycles. The zero-order chi connectivity index (χ0) is 21.2. The normalized spacial score (nSPS) is 13.1. The standard InChI is InChI=1S/C19H30NO7P/c1-5-25-28(24,26-6-2)27-16(14-15-10-8-7-9-11-15)18(23)20-19(3,4)13-12-17(21)22/h7-11,16H,5-6,12-14H2,1-4H3,(H,20,23)(H,21,22)/t16-/m0/s1. The molecule has 9 heteroatoms. The van der Waals surface area contributed by atoms with Gasteiger partial charge in [-0.05, 0) is 39.7 Å². The number of benzene rings is 1. The van der Waals surface area contributed by atoms with Crippen molar-refractivity contribution in [3.05, 3.63) is 35.9 Å². The summed E-state index contributed by atoms with van der Waals surface area (Å²) in [6.07, 6.45) is -0.823. The first kappa shape index (κ1) is 24.3. The van der Waals surface area contributed by atoms with E-state index in [0.717, 1.165) is 5.56 Å². The summed E-state index contributed by atoms with van der Waals surface area (Å²) in [5, 5.41) is 11.7. The number of rotatable bonds is 13. The van der Waals surface area contributed by atoms with Gasteiger partial charge in [0.1, 0.15) is 0 Å². The quantitative estimate of drug-likeness (QED) is 0.474. The number of carboxylic acids is 1. The summed E-state index contributed by atoms with van der Waals surface area (Å²) in [6.45, 7) is 6.94. The molecule has 0 aromatic heterocycles. The van der Waals surface area contributed by atoms with Crippen LogP contribution < -0.4 is 5.32 Å². The van der Waals surface area contributed by atoms with Gasteiger partial charge in [-0.1, -0.05) is 30.3 Å². The van der Waals surface area contributed by atoms with E-state index in [-0.39, 0.29) is 32.5 Å². The predicted molar refractivity (Wildman–Crippen MR) is 105 cm³/mol. The Bertz CT molecular complexity index is 668. The second kappa shape index (κ2) is 11.3. The van der Waals surface area contributed by atoms with Crippen LogP contribution in [-0.4, -0.2) is 41.8 Å². The van der Waals surface area contributed by atoms with Gasteiger partial charge in [0.25, 0.3) is 5.91 Å². The number of carbonyl (C=O) groups excluding carboxylic acids is 1. The van der Waals surface area contributed by atoms with E-state index in [0.29, 0.717) is 0 Å². The molecule has 1 amide bonds. The van der Waals surface area contributed by atoms with Crippen molar-refractivity contribution in [3.8, 4) is 0 Å². The topological polar surface area (TPSA) is 111 Å². The third-order valence-electron chi connectivity index (χ3n) is 3.81. The summed E-state index contributed by atoms with van der Waals surface area (Å²) in [4.78, 5) is 23.7. The predicted octanol–water partition coefficient (Wildman–Crippen LogP) is 3.56. The van der Waals surface area contributed by atoms with Gasteiger partial charge in [-0.2, -0.15) is 0 Å². The molecule has 8 nitrogen and oxygen atoms in total. The maximum absolute atomic E-state index is 12.9. The molecule has 1 rings (SSSR count). The van der Waals surface area contributed by atoms with Gasteiger partial charge >= 0.3 is 13.8 Å². The van der Waals surface area contributed by atoms with E-state index in [4.69, 9.17) is 18.7 Å². The zero-order valence-corrected chi connectivity index (χ0v) is 17.7. The van der Waals surface area contributed by atoms with Crippen LogP contribution in [0.1, 0.15) is 46.1 Å². The number of aliphatic carboxylic acids is 1. The zero-order valence-electron chi connectivity index (χ0n) is 16.8. The molecular weight excluding hydrogens is 385 g/mol. The lowest BCUT2D eigenvalue weighted by atomic mass is 9.97. The van der Waals surface area contributed by atoms with Gasteiger partial charge in [0.15, 0.2) is 6.10 Å². The fourth-order valence-electron chi connectivity index (χ4n) is 2.47. The Morgan fingerprint density at radius 3 is 2.21 bits per heavy atom. The fourth-order valence-corrected chi connectivity index (χ4v) is 3.78. The largest absolute Gasteiger partial charge is 0.481 e. The first-order valence-corrected chi connectivity index (χ1v) is 10.7. The highest BCUT2D eigenvalue weighted by Crippen LogP contribution is 2.50. The van der Waals surface area contributed by atoms with Crippen LogP contribution >= 0.6 is 7.82 Å². The Labute approximate surface area is 166 Å². The van der Waals surface area contributed by atoms with Crippen LogP contribution in [0.15, 0.2) is 30.3 Å². The summed E-state index contributed by atoms with van der Waals surface area (Å²) in [5.74, 6) is -1.46. The number of phosphoric acid groups is 1. The van der Waals surface area contributed by atoms with Crippen molar-refractivity contribution in [2.75, 3.05) is 13.2 Å². The fraction of sp³-hybridized carbons (Fsp3) is 0.579. The Morgan fingerprint density at radius 1 is 1.14 bits per heavy atom. The van der Waals surface area contributed by atoms with Crippen LogP contribution in [-0.2, 0) is 34.1 Å². The monoisotopic (exact) mass is 415 g/mol. The van der Waals surface area contributed by atoms with Gasteiger partial charge < -0.3 is 10.4 Å². The maximum atomic E-state index is 12.9. The SMILES string of the molecule is CCOP(=O)(OCC)O[C@@H](Cc1ccccc1)C(=O)NC(C)(C)CCC(=O)O. The molecule has 0 aliphatic rings. The van der Waals surface area contributed by atoms with E-state index in [1.165, 1.54) is 0 Å². The maximum Gasteiger partial charge on any atom is 0.475 e. The summed E-state index contributed by atoms with van der Waals surface area (Å²) in [7, 11) is -3.92. The van der Waals surface area contributed by atoms with Gasteiger partial charge in [-0.3, -0.25) is 23.2 Å². The molecule has 1 aromatic carbocycles. The van der Waals surface area contributed by atoms with Crippen LogP contribution in [0.5, 0.6) is 0 Å². The smallest absolute Gasteiger partial charge is 0.475 e. The molecule has 1 atom stereocenters. The van der Waals surface area contributed by atoms with Crippen molar-refractivity contribution >= 4 is 19.7 Å². The Morgan fingerprint density at radius 2 is 1.71 bits per heavy atom. The van der Waals surface area contributed by atoms with E-state index in [1.54, 1.807) is 27.7 Å². The first-order valence-electron chi connectivity index (χ1n) is 9.26. The van der Waals surface area contributed by atoms with Gasteiger partial charge in [0.2, 0.25) is 0 Å². The lowest BCUT2D eigenvalue weighted by Gasteiger charge is -2.29. The van der Waals surface area contributed by atoms with Crippen molar-refractivity contribution in [1.29, 1.82) is 0 Å². The highest BCUT2D eigenvalue weighted by atomic mass is 31.2. The first-order chi connectivity index (χ1) is 13.1. The molecule has 0 spiro atoms. The Balaban J connectivity index is 3.00. The molecule has 0 saturated carbocycles. The molecule has 0 radical (unpaired) electrons. The van der Waals surface area contributed by atoms with Crippen LogP contribution in [0.3, 0.4) is 0 Å². The lowest BCUT2D eigenvalue weighted by Crippen LogP contribution is -2.49. The minimum Gasteiger partial charge on any atom is -0.481 e. The molecule has 1 aromatic rings. The Hall–Kier alpha value is -1.73. The number of hydrogen-bond donors (Lipinski definition) is 2. The molecule has 2 N–H and O–H groups in total. The van der Waals surface area contributed by atoms with E-state index < -0.39 is 31.3 Å². The van der Waals surface area contributed by atoms with E-state index in [9.17, 15) is 14.2 Å². The van der Waals surface area contributed by atoms with Crippen LogP contribution in [0.2, 0.25) is 0 Å². The second-order valence-electron chi connectivity index (χ2n) is 6.83. The van der Waals surface area contributed by atoms with E-state index in [1.807, 2.05) is 30.3 Å². The van der Waals surface area contributed by atoms with Crippen molar-refractivity contribution in [1.82, 2.24) is 5.32 Å². The highest BCUT2D eigenvalue weighted by molar-refractivity contribution is 7.48. The lowest BCUT2D eigenvalue weighted by molar-refractivity contribution is -0.138. The number of hydrogen-bond acceptors (Lipinski definition) is 6. The molecule has 28 heavy (non-hydrogen) atoms. The summed E-state index contributed by atoms with van der Waals surface area (Å²) in [6, 6.07) is 9.15. The van der Waals surface area contributed by atoms with Gasteiger partial charge in [0.05, 0.1) is 13.2 Å². The number of amides is 1. The van der Waals surface area contributed by atoms with E-state index in [2.05, 4.69) is 5.32 Å². The van der Waals surface area contributed by atoms with Crippen molar-refractivity contribution in [3.63, 3.8) is 0 Å². The number of phosphoric ester groups is 1. The third kappa shape index (κ3) is 8.97. The van der Waals surface area contributed by atoms with E-state index >= 15 is 0 Å². The average Bonchev–Trinajstić information content (AvgIpc) is 2.60. The van der Waals surface area contributed by atoms with Crippen LogP contribution in [0.25, 0.3) is 0 Å². The summed E-state index contributed by atoms with van der Waals surface area (Å²) < 4.78 is 28.6. The minimum absolute atomic E-state index is 0.0894. The molecule has 158 valence electrons. The van der Waals surface area contributed by atoms with Crippen molar-refractivity contribution < 1.29 is 32.8 Å². The Kier molecular flexibility index (Phi) is 9.82. The average molecular weight is 415 g/mol. The molecule has 0 aliphatic carbocycles. The van der Waals surface area contributed by atoms with Crippen molar-refractivity contribution in [2.45, 2.75) is 58.6 Å². The highest BCUT2D eigenvalue weighted by Gasteiger charge is 2.35. The summed E-state index contributed by atoms with van der Waals surface area (Å²) >= 11 is 0. The molecular formula is C19H30NO7P. The van der Waals surface area contributed by atoms with Gasteiger partial charge in [-0.15, -0.1) is 0 Å². The van der Waals surface area contributed by atoms with Crippen LogP contribution in [0, 0.1) is 0 Å². The number of nitrogens with one attached hydrogen (secondary N) is 1. The number of carboxylic acid groups (broad SMARTS) is 1. The van der Waals surface area contributed by atoms with Crippen LogP contribution in [0.4, 0.5) is 0 Å². The third-order valence-corrected chi connectivity index (χ3v) is 5.47. The van der Waals surface area contributed by atoms with Crippen molar-refractivity contribution in [2.24, 2.45) is 0 Å². The molecule has 0 bridgehead atoms.